The second-order valence-corrected chi connectivity index (χ2v) is 7.88. The molecular weight excluding hydrogens is 343 g/mol. The molecule has 1 atom stereocenters. The number of hydrogen-bond acceptors (Lipinski definition) is 3. The van der Waals surface area contributed by atoms with E-state index in [0.29, 0.717) is 16.8 Å². The highest BCUT2D eigenvalue weighted by atomic mass is 32.2. The van der Waals surface area contributed by atoms with E-state index < -0.39 is 21.7 Å². The van der Waals surface area contributed by atoms with Gasteiger partial charge in [0.15, 0.2) is 0 Å². The second kappa shape index (κ2) is 6.48. The molecule has 0 fully saturated rings. The molecule has 3 rings (SSSR count). The van der Waals surface area contributed by atoms with Crippen molar-refractivity contribution in [3.8, 4) is 11.1 Å². The molecule has 1 aliphatic heterocycles. The average Bonchev–Trinajstić information content (AvgIpc) is 2.59. The van der Waals surface area contributed by atoms with E-state index in [1.807, 2.05) is 13.8 Å². The number of nitrogens with one attached hydrogen (secondary N) is 1. The van der Waals surface area contributed by atoms with Gasteiger partial charge in [-0.25, -0.2) is 12.8 Å². The zero-order chi connectivity index (χ0) is 18.2. The molecule has 5 nitrogen and oxygen atoms in total. The van der Waals surface area contributed by atoms with Crippen molar-refractivity contribution in [2.24, 2.45) is 0 Å². The first kappa shape index (κ1) is 17.4. The summed E-state index contributed by atoms with van der Waals surface area (Å²) in [6.07, 6.45) is 0.739. The van der Waals surface area contributed by atoms with Crippen molar-refractivity contribution in [1.29, 1.82) is 0 Å². The van der Waals surface area contributed by atoms with Gasteiger partial charge in [-0.1, -0.05) is 25.1 Å². The number of amides is 1. The summed E-state index contributed by atoms with van der Waals surface area (Å²) in [5.74, 6) is -0.857. The van der Waals surface area contributed by atoms with Crippen LogP contribution < -0.4 is 9.62 Å². The molecule has 0 saturated heterocycles. The Morgan fingerprint density at radius 2 is 1.92 bits per heavy atom. The average molecular weight is 362 g/mol. The summed E-state index contributed by atoms with van der Waals surface area (Å²) in [7, 11) is -3.90. The number of sulfonamides is 1. The Hall–Kier alpha value is -2.41. The molecule has 0 radical (unpaired) electrons. The van der Waals surface area contributed by atoms with Gasteiger partial charge in [0, 0.05) is 17.2 Å². The molecule has 0 bridgehead atoms. The first-order valence-corrected chi connectivity index (χ1v) is 9.49. The van der Waals surface area contributed by atoms with E-state index in [0.717, 1.165) is 10.7 Å². The van der Waals surface area contributed by atoms with Crippen LogP contribution in [0, 0.1) is 5.82 Å². The van der Waals surface area contributed by atoms with Crippen molar-refractivity contribution in [2.45, 2.75) is 31.2 Å². The molecule has 1 aliphatic rings. The largest absolute Gasteiger partial charge is 0.352 e. The predicted octanol–water partition coefficient (Wildman–Crippen LogP) is 2.92. The Kier molecular flexibility index (Phi) is 4.51. The number of halogens is 1. The maximum absolute atomic E-state index is 13.7. The van der Waals surface area contributed by atoms with E-state index in [2.05, 4.69) is 5.32 Å². The summed E-state index contributed by atoms with van der Waals surface area (Å²) in [4.78, 5) is 12.3. The van der Waals surface area contributed by atoms with Crippen LogP contribution in [0.15, 0.2) is 47.4 Å². The Balaban J connectivity index is 2.09. The number of carbonyl (C=O) groups is 1. The summed E-state index contributed by atoms with van der Waals surface area (Å²) in [5.41, 5.74) is 1.21. The predicted molar refractivity (Wildman–Crippen MR) is 94.3 cm³/mol. The number of nitrogens with zero attached hydrogens (tertiary/aromatic N) is 1. The normalized spacial score (nSPS) is 15.9. The lowest BCUT2D eigenvalue weighted by atomic mass is 10.0. The van der Waals surface area contributed by atoms with Crippen molar-refractivity contribution in [2.75, 3.05) is 10.8 Å². The van der Waals surface area contributed by atoms with Crippen LogP contribution in [0.2, 0.25) is 0 Å². The zero-order valence-corrected chi connectivity index (χ0v) is 14.8. The molecule has 25 heavy (non-hydrogen) atoms. The molecule has 0 unspecified atom stereocenters. The smallest absolute Gasteiger partial charge is 0.265 e. The minimum Gasteiger partial charge on any atom is -0.352 e. The lowest BCUT2D eigenvalue weighted by Crippen LogP contribution is -2.44. The lowest BCUT2D eigenvalue weighted by molar-refractivity contribution is -0.120. The molecule has 2 aromatic rings. The van der Waals surface area contributed by atoms with Gasteiger partial charge < -0.3 is 5.32 Å². The molecule has 1 heterocycles. The summed E-state index contributed by atoms with van der Waals surface area (Å²) in [6.45, 7) is 3.43. The highest BCUT2D eigenvalue weighted by Gasteiger charge is 2.36. The molecule has 0 aromatic heterocycles. The molecule has 1 amide bonds. The van der Waals surface area contributed by atoms with Gasteiger partial charge in [-0.3, -0.25) is 9.10 Å². The Morgan fingerprint density at radius 3 is 2.64 bits per heavy atom. The Labute approximate surface area is 146 Å². The minimum absolute atomic E-state index is 0.0556. The number of anilines is 1. The summed E-state index contributed by atoms with van der Waals surface area (Å²) < 4.78 is 40.8. The Bertz CT molecular complexity index is 928. The lowest BCUT2D eigenvalue weighted by Gasteiger charge is -2.31. The summed E-state index contributed by atoms with van der Waals surface area (Å²) in [6, 6.07) is 10.3. The van der Waals surface area contributed by atoms with Crippen molar-refractivity contribution in [1.82, 2.24) is 5.32 Å². The molecule has 7 heteroatoms. The third kappa shape index (κ3) is 3.11. The maximum atomic E-state index is 13.7. The Morgan fingerprint density at radius 1 is 1.20 bits per heavy atom. The zero-order valence-electron chi connectivity index (χ0n) is 14.0. The fourth-order valence-electron chi connectivity index (χ4n) is 2.83. The van der Waals surface area contributed by atoms with Gasteiger partial charge >= 0.3 is 0 Å². The maximum Gasteiger partial charge on any atom is 0.265 e. The van der Waals surface area contributed by atoms with Crippen LogP contribution in [0.25, 0.3) is 11.1 Å². The first-order chi connectivity index (χ1) is 11.8. The van der Waals surface area contributed by atoms with Crippen LogP contribution in [-0.2, 0) is 14.8 Å². The summed E-state index contributed by atoms with van der Waals surface area (Å²) >= 11 is 0. The van der Waals surface area contributed by atoms with Crippen molar-refractivity contribution >= 4 is 21.6 Å². The first-order valence-electron chi connectivity index (χ1n) is 8.05. The van der Waals surface area contributed by atoms with E-state index in [4.69, 9.17) is 0 Å². The van der Waals surface area contributed by atoms with Crippen LogP contribution in [0.3, 0.4) is 0 Å². The van der Waals surface area contributed by atoms with Crippen LogP contribution >= 0.6 is 0 Å². The van der Waals surface area contributed by atoms with Crippen molar-refractivity contribution in [3.63, 3.8) is 0 Å². The van der Waals surface area contributed by atoms with Crippen LogP contribution in [0.5, 0.6) is 0 Å². The van der Waals surface area contributed by atoms with E-state index >= 15 is 0 Å². The number of hydrogen-bond donors (Lipinski definition) is 1. The van der Waals surface area contributed by atoms with Gasteiger partial charge in [0.2, 0.25) is 5.91 Å². The standard InChI is InChI=1S/C18H19FN2O3S/c1-3-12(2)20-18(22)11-21-16-9-8-13(19)10-15(16)14-6-4-5-7-17(14)25(21,23)24/h4-10,12H,3,11H2,1-2H3,(H,20,22)/t12-/m0/s1. The van der Waals surface area contributed by atoms with E-state index in [9.17, 15) is 17.6 Å². The fraction of sp³-hybridized carbons (Fsp3) is 0.278. The monoisotopic (exact) mass is 362 g/mol. The number of rotatable bonds is 4. The minimum atomic E-state index is -3.90. The van der Waals surface area contributed by atoms with Gasteiger partial charge in [-0.05, 0) is 37.6 Å². The summed E-state index contributed by atoms with van der Waals surface area (Å²) in [5, 5.41) is 2.76. The van der Waals surface area contributed by atoms with Gasteiger partial charge in [0.25, 0.3) is 10.0 Å². The van der Waals surface area contributed by atoms with Crippen molar-refractivity contribution < 1.29 is 17.6 Å². The molecular formula is C18H19FN2O3S. The number of carbonyl (C=O) groups excluding carboxylic acids is 1. The SMILES string of the molecule is CC[C@H](C)NC(=O)CN1c2ccc(F)cc2-c2ccccc2S1(=O)=O. The van der Waals surface area contributed by atoms with Crippen LogP contribution in [0.1, 0.15) is 20.3 Å². The van der Waals surface area contributed by atoms with Crippen LogP contribution in [-0.4, -0.2) is 26.9 Å². The third-order valence-electron chi connectivity index (χ3n) is 4.28. The molecule has 1 N–H and O–H groups in total. The molecule has 132 valence electrons. The third-order valence-corrected chi connectivity index (χ3v) is 6.10. The highest BCUT2D eigenvalue weighted by Crippen LogP contribution is 2.42. The van der Waals surface area contributed by atoms with Gasteiger partial charge in [0.1, 0.15) is 12.4 Å². The molecule has 0 aliphatic carbocycles. The molecule has 0 spiro atoms. The van der Waals surface area contributed by atoms with Gasteiger partial charge in [0.05, 0.1) is 10.6 Å². The van der Waals surface area contributed by atoms with E-state index in [1.54, 1.807) is 18.2 Å². The fourth-order valence-corrected chi connectivity index (χ4v) is 4.48. The number of benzene rings is 2. The second-order valence-electron chi connectivity index (χ2n) is 6.05. The quantitative estimate of drug-likeness (QED) is 0.909. The van der Waals surface area contributed by atoms with E-state index in [-0.39, 0.29) is 17.5 Å². The van der Waals surface area contributed by atoms with Gasteiger partial charge in [-0.2, -0.15) is 0 Å². The number of fused-ring (bicyclic) bond motifs is 3. The van der Waals surface area contributed by atoms with E-state index in [1.165, 1.54) is 24.3 Å². The topological polar surface area (TPSA) is 66.5 Å². The van der Waals surface area contributed by atoms with Gasteiger partial charge in [-0.15, -0.1) is 0 Å². The van der Waals surface area contributed by atoms with Crippen molar-refractivity contribution in [3.05, 3.63) is 48.3 Å². The van der Waals surface area contributed by atoms with Crippen LogP contribution in [0.4, 0.5) is 10.1 Å². The molecule has 2 aromatic carbocycles. The molecule has 0 saturated carbocycles. The highest BCUT2D eigenvalue weighted by molar-refractivity contribution is 7.93.